The number of carboxylic acid groups (broad SMARTS) is 1. The zero-order valence-electron chi connectivity index (χ0n) is 10.4. The molecule has 8 heteroatoms. The molecule has 1 aromatic heterocycles. The van der Waals surface area contributed by atoms with Gasteiger partial charge >= 0.3 is 12.0 Å². The van der Waals surface area contributed by atoms with Gasteiger partial charge in [-0.1, -0.05) is 0 Å². The zero-order valence-corrected chi connectivity index (χ0v) is 11.2. The first-order valence-corrected chi connectivity index (χ1v) is 6.70. The summed E-state index contributed by atoms with van der Waals surface area (Å²) in [5, 5.41) is 17.0. The molecular weight excluding hydrogens is 270 g/mol. The Balaban J connectivity index is 1.79. The molecule has 2 amide bonds. The normalized spacial score (nSPS) is 22.2. The smallest absolute Gasteiger partial charge is 0.315 e. The van der Waals surface area contributed by atoms with Crippen molar-refractivity contribution in [3.63, 3.8) is 0 Å². The first-order valence-electron chi connectivity index (χ1n) is 5.82. The molecule has 1 aliphatic rings. The van der Waals surface area contributed by atoms with Crippen LogP contribution in [0, 0.1) is 12.8 Å². The van der Waals surface area contributed by atoms with Crippen LogP contribution in [0.25, 0.3) is 0 Å². The van der Waals surface area contributed by atoms with E-state index in [1.807, 2.05) is 12.3 Å². The number of hydrogen-bond acceptors (Lipinski definition) is 5. The minimum Gasteiger partial charge on any atom is -0.481 e. The zero-order chi connectivity index (χ0) is 13.8. The summed E-state index contributed by atoms with van der Waals surface area (Å²) in [6.45, 7) is 2.56. The molecular formula is C11H15N3O4S. The number of aromatic nitrogens is 1. The van der Waals surface area contributed by atoms with E-state index in [1.165, 1.54) is 11.3 Å². The average Bonchev–Trinajstić information content (AvgIpc) is 2.95. The fourth-order valence-electron chi connectivity index (χ4n) is 1.82. The van der Waals surface area contributed by atoms with Crippen molar-refractivity contribution < 1.29 is 19.4 Å². The topological polar surface area (TPSA) is 101 Å². The first kappa shape index (κ1) is 13.8. The number of ether oxygens (including phenoxy) is 1. The number of aryl methyl sites for hydroxylation is 1. The highest BCUT2D eigenvalue weighted by atomic mass is 32.1. The molecule has 0 aromatic carbocycles. The molecule has 2 heterocycles. The van der Waals surface area contributed by atoms with Gasteiger partial charge in [0.15, 0.2) is 0 Å². The second-order valence-electron chi connectivity index (χ2n) is 4.27. The van der Waals surface area contributed by atoms with Gasteiger partial charge in [-0.15, -0.1) is 11.3 Å². The van der Waals surface area contributed by atoms with Crippen LogP contribution in [-0.2, 0) is 16.1 Å². The fraction of sp³-hybridized carbons (Fsp3) is 0.545. The third-order valence-corrected chi connectivity index (χ3v) is 3.63. The highest BCUT2D eigenvalue weighted by Gasteiger charge is 2.34. The van der Waals surface area contributed by atoms with Crippen molar-refractivity contribution in [2.45, 2.75) is 19.5 Å². The van der Waals surface area contributed by atoms with Gasteiger partial charge in [0.1, 0.15) is 5.92 Å². The van der Waals surface area contributed by atoms with Crippen LogP contribution in [0.5, 0.6) is 0 Å². The van der Waals surface area contributed by atoms with E-state index in [0.717, 1.165) is 10.7 Å². The Kier molecular flexibility index (Phi) is 4.33. The summed E-state index contributed by atoms with van der Waals surface area (Å²) < 4.78 is 5.06. The van der Waals surface area contributed by atoms with Crippen molar-refractivity contribution in [2.24, 2.45) is 5.92 Å². The number of amides is 2. The van der Waals surface area contributed by atoms with Gasteiger partial charge in [0.2, 0.25) is 0 Å². The lowest BCUT2D eigenvalue weighted by Gasteiger charge is -2.15. The Morgan fingerprint density at radius 3 is 3.00 bits per heavy atom. The van der Waals surface area contributed by atoms with Crippen LogP contribution in [0.3, 0.4) is 0 Å². The number of thiazole rings is 1. The van der Waals surface area contributed by atoms with E-state index < -0.39 is 24.0 Å². The number of rotatable bonds is 4. The van der Waals surface area contributed by atoms with E-state index in [0.29, 0.717) is 6.54 Å². The Labute approximate surface area is 114 Å². The number of carbonyl (C=O) groups excluding carboxylic acids is 1. The van der Waals surface area contributed by atoms with Crippen molar-refractivity contribution >= 4 is 23.3 Å². The highest BCUT2D eigenvalue weighted by Crippen LogP contribution is 2.13. The number of nitrogens with one attached hydrogen (secondary N) is 2. The standard InChI is InChI=1S/C11H15N3O4S/c1-6-13-7(5-19-6)2-12-11(17)14-9-4-18-3-8(9)10(15)16/h5,8-9H,2-4H2,1H3,(H,15,16)(H2,12,14,17). The third-order valence-electron chi connectivity index (χ3n) is 2.81. The Hall–Kier alpha value is -1.67. The molecule has 0 bridgehead atoms. The highest BCUT2D eigenvalue weighted by molar-refractivity contribution is 7.09. The first-order chi connectivity index (χ1) is 9.06. The predicted octanol–water partition coefficient (Wildman–Crippen LogP) is 0.350. The van der Waals surface area contributed by atoms with Crippen LogP contribution >= 0.6 is 11.3 Å². The summed E-state index contributed by atoms with van der Waals surface area (Å²) in [4.78, 5) is 26.8. The van der Waals surface area contributed by atoms with E-state index >= 15 is 0 Å². The maximum Gasteiger partial charge on any atom is 0.315 e. The lowest BCUT2D eigenvalue weighted by Crippen LogP contribution is -2.47. The molecule has 0 spiro atoms. The third kappa shape index (κ3) is 3.65. The second-order valence-corrected chi connectivity index (χ2v) is 5.34. The summed E-state index contributed by atoms with van der Waals surface area (Å²) in [7, 11) is 0. The van der Waals surface area contributed by atoms with Crippen LogP contribution < -0.4 is 10.6 Å². The van der Waals surface area contributed by atoms with E-state index in [1.54, 1.807) is 0 Å². The Morgan fingerprint density at radius 1 is 1.58 bits per heavy atom. The molecule has 7 nitrogen and oxygen atoms in total. The maximum atomic E-state index is 11.7. The summed E-state index contributed by atoms with van der Waals surface area (Å²) in [6, 6.07) is -0.901. The molecule has 0 aliphatic carbocycles. The van der Waals surface area contributed by atoms with Crippen molar-refractivity contribution in [1.82, 2.24) is 15.6 Å². The monoisotopic (exact) mass is 285 g/mol. The molecule has 1 fully saturated rings. The lowest BCUT2D eigenvalue weighted by atomic mass is 10.0. The average molecular weight is 285 g/mol. The molecule has 19 heavy (non-hydrogen) atoms. The molecule has 2 rings (SSSR count). The Bertz CT molecular complexity index is 476. The Morgan fingerprint density at radius 2 is 2.37 bits per heavy atom. The minimum absolute atomic E-state index is 0.131. The van der Waals surface area contributed by atoms with Gasteiger partial charge in [0.05, 0.1) is 36.5 Å². The van der Waals surface area contributed by atoms with Gasteiger partial charge in [0.25, 0.3) is 0 Å². The predicted molar refractivity (Wildman–Crippen MR) is 68.0 cm³/mol. The molecule has 0 radical (unpaired) electrons. The van der Waals surface area contributed by atoms with Gasteiger partial charge in [0, 0.05) is 5.38 Å². The number of nitrogens with zero attached hydrogens (tertiary/aromatic N) is 1. The van der Waals surface area contributed by atoms with Gasteiger partial charge < -0.3 is 20.5 Å². The largest absolute Gasteiger partial charge is 0.481 e. The number of urea groups is 1. The van der Waals surface area contributed by atoms with E-state index in [2.05, 4.69) is 15.6 Å². The van der Waals surface area contributed by atoms with E-state index in [4.69, 9.17) is 9.84 Å². The SMILES string of the molecule is Cc1nc(CNC(=O)NC2COCC2C(=O)O)cs1. The van der Waals surface area contributed by atoms with Crippen molar-refractivity contribution in [1.29, 1.82) is 0 Å². The summed E-state index contributed by atoms with van der Waals surface area (Å²) in [5.74, 6) is -1.65. The summed E-state index contributed by atoms with van der Waals surface area (Å²) >= 11 is 1.51. The molecule has 104 valence electrons. The van der Waals surface area contributed by atoms with Crippen LogP contribution in [0.1, 0.15) is 10.7 Å². The second kappa shape index (κ2) is 5.98. The minimum atomic E-state index is -0.960. The van der Waals surface area contributed by atoms with Crippen LogP contribution in [-0.4, -0.2) is 41.3 Å². The molecule has 0 saturated carbocycles. The van der Waals surface area contributed by atoms with E-state index in [-0.39, 0.29) is 13.2 Å². The number of aliphatic carboxylic acids is 1. The molecule has 1 aliphatic heterocycles. The van der Waals surface area contributed by atoms with Crippen LogP contribution in [0.4, 0.5) is 4.79 Å². The van der Waals surface area contributed by atoms with Gasteiger partial charge in [-0.3, -0.25) is 4.79 Å². The number of carbonyl (C=O) groups is 2. The lowest BCUT2D eigenvalue weighted by molar-refractivity contribution is -0.142. The van der Waals surface area contributed by atoms with Crippen molar-refractivity contribution in [3.05, 3.63) is 16.1 Å². The molecule has 1 saturated heterocycles. The van der Waals surface area contributed by atoms with Gasteiger partial charge in [-0.05, 0) is 6.92 Å². The van der Waals surface area contributed by atoms with Gasteiger partial charge in [-0.25, -0.2) is 9.78 Å². The van der Waals surface area contributed by atoms with Crippen molar-refractivity contribution in [3.8, 4) is 0 Å². The molecule has 1 aromatic rings. The quantitative estimate of drug-likeness (QED) is 0.741. The van der Waals surface area contributed by atoms with E-state index in [9.17, 15) is 9.59 Å². The van der Waals surface area contributed by atoms with Gasteiger partial charge in [-0.2, -0.15) is 0 Å². The molecule has 2 atom stereocenters. The maximum absolute atomic E-state index is 11.7. The summed E-state index contributed by atoms with van der Waals surface area (Å²) in [5.41, 5.74) is 0.787. The summed E-state index contributed by atoms with van der Waals surface area (Å²) in [6.07, 6.45) is 0. The number of carboxylic acids is 1. The number of hydrogen-bond donors (Lipinski definition) is 3. The van der Waals surface area contributed by atoms with Crippen molar-refractivity contribution in [2.75, 3.05) is 13.2 Å². The van der Waals surface area contributed by atoms with Crippen LogP contribution in [0.15, 0.2) is 5.38 Å². The van der Waals surface area contributed by atoms with Crippen LogP contribution in [0.2, 0.25) is 0 Å². The molecule has 3 N–H and O–H groups in total. The fourth-order valence-corrected chi connectivity index (χ4v) is 2.43. The molecule has 2 unspecified atom stereocenters.